The number of aromatic nitrogens is 2. The summed E-state index contributed by atoms with van der Waals surface area (Å²) in [6.45, 7) is 4.71. The fraction of sp³-hybridized carbons (Fsp3) is 0.368. The van der Waals surface area contributed by atoms with Crippen LogP contribution in [0, 0.1) is 11.3 Å². The van der Waals surface area contributed by atoms with Gasteiger partial charge in [-0.25, -0.2) is 9.97 Å². The van der Waals surface area contributed by atoms with Gasteiger partial charge >= 0.3 is 103 Å². The SMILES string of the molecule is CC#N.ClCc1ccc(Cl)nc1.NCCN.NCCNCc1ccc(Cl)nc1.O=CO[O-].[H-].[K+].[K+]. The fourth-order valence-electron chi connectivity index (χ4n) is 1.33. The van der Waals surface area contributed by atoms with Crippen molar-refractivity contribution in [2.24, 2.45) is 17.2 Å². The second kappa shape index (κ2) is 38.7. The summed E-state index contributed by atoms with van der Waals surface area (Å²) >= 11 is 16.6. The van der Waals surface area contributed by atoms with E-state index in [0.29, 0.717) is 35.8 Å². The number of halogens is 3. The standard InChI is InChI=1S/C8H12ClN3.C6H5Cl2N.C2H8N2.C2H3N.CH2O3.2K.H/c9-8-2-1-7(6-12-8)5-11-4-3-10;7-3-5-1-2-6(8)9-4-5;3-1-2-4;1-2-3;2-1-4-3;;;/h1-2,6,11H,3-5,10H2;1-2,4H,3H2;1-4H2;1H3;1,3H;;;/q;;;;;2*+1;-1/p-1. The Morgan fingerprint density at radius 1 is 1.06 bits per heavy atom. The minimum absolute atomic E-state index is 0. The summed E-state index contributed by atoms with van der Waals surface area (Å²) in [6, 6.07) is 9.04. The van der Waals surface area contributed by atoms with Crippen LogP contribution in [0.4, 0.5) is 0 Å². The van der Waals surface area contributed by atoms with Gasteiger partial charge in [-0.2, -0.15) is 5.26 Å². The van der Waals surface area contributed by atoms with Crippen molar-refractivity contribution >= 4 is 41.3 Å². The van der Waals surface area contributed by atoms with E-state index in [4.69, 9.17) is 67.3 Å². The number of carbonyl (C=O) groups is 1. The Balaban J connectivity index is -0.0000000815. The fourth-order valence-corrected chi connectivity index (χ4v) is 1.71. The molecule has 0 bridgehead atoms. The molecule has 0 aliphatic rings. The van der Waals surface area contributed by atoms with Gasteiger partial charge in [-0.3, -0.25) is 4.79 Å². The van der Waals surface area contributed by atoms with Gasteiger partial charge < -0.3 is 34.1 Å². The smallest absolute Gasteiger partial charge is 1.00 e. The first-order valence-electron chi connectivity index (χ1n) is 9.01. The molecular formula is C19H30Cl3K2N7O3. The van der Waals surface area contributed by atoms with Gasteiger partial charge in [0.15, 0.2) is 0 Å². The molecule has 10 nitrogen and oxygen atoms in total. The maximum Gasteiger partial charge on any atom is 1.00 e. The van der Waals surface area contributed by atoms with Gasteiger partial charge in [0.25, 0.3) is 6.47 Å². The van der Waals surface area contributed by atoms with E-state index in [9.17, 15) is 0 Å². The molecule has 0 saturated carbocycles. The Kier molecular flexibility index (Phi) is 51.4. The third-order valence-electron chi connectivity index (χ3n) is 2.59. The van der Waals surface area contributed by atoms with Crippen molar-refractivity contribution in [3.63, 3.8) is 0 Å². The number of nitrogens with two attached hydrogens (primary N) is 3. The third kappa shape index (κ3) is 37.7. The molecule has 7 N–H and O–H groups in total. The number of pyridine rings is 2. The number of nitrogens with one attached hydrogen (secondary N) is 1. The topological polar surface area (TPSA) is 189 Å². The molecule has 0 aromatic carbocycles. The van der Waals surface area contributed by atoms with Crippen LogP contribution in [0.3, 0.4) is 0 Å². The number of rotatable bonds is 7. The van der Waals surface area contributed by atoms with Gasteiger partial charge in [0, 0.05) is 57.9 Å². The Bertz CT molecular complexity index is 704. The van der Waals surface area contributed by atoms with Crippen LogP contribution in [0.15, 0.2) is 36.7 Å². The second-order valence-corrected chi connectivity index (χ2v) is 6.11. The normalized spacial score (nSPS) is 7.85. The van der Waals surface area contributed by atoms with Crippen LogP contribution in [0.25, 0.3) is 0 Å². The second-order valence-electron chi connectivity index (χ2n) is 5.07. The number of hydrogen-bond acceptors (Lipinski definition) is 10. The summed E-state index contributed by atoms with van der Waals surface area (Å²) in [5.74, 6) is 0.490. The van der Waals surface area contributed by atoms with Gasteiger partial charge in [-0.05, 0) is 23.3 Å². The van der Waals surface area contributed by atoms with Crippen molar-refractivity contribution in [2.75, 3.05) is 26.2 Å². The zero-order valence-corrected chi connectivity index (χ0v) is 28.2. The molecule has 0 atom stereocenters. The minimum Gasteiger partial charge on any atom is -1.00 e. The van der Waals surface area contributed by atoms with Crippen molar-refractivity contribution < 1.29 is 119 Å². The molecule has 2 aromatic heterocycles. The molecule has 2 aromatic rings. The Hall–Kier alpha value is 1.20. The third-order valence-corrected chi connectivity index (χ3v) is 3.34. The first-order valence-corrected chi connectivity index (χ1v) is 10.3. The average molecular weight is 589 g/mol. The summed E-state index contributed by atoms with van der Waals surface area (Å²) in [4.78, 5) is 19.0. The van der Waals surface area contributed by atoms with Crippen LogP contribution in [0.2, 0.25) is 10.3 Å². The van der Waals surface area contributed by atoms with Gasteiger partial charge in [0.1, 0.15) is 10.3 Å². The Morgan fingerprint density at radius 2 is 1.47 bits per heavy atom. The molecule has 34 heavy (non-hydrogen) atoms. The predicted octanol–water partition coefficient (Wildman–Crippen LogP) is -4.75. The Labute approximate surface area is 302 Å². The zero-order chi connectivity index (χ0) is 25.0. The van der Waals surface area contributed by atoms with Crippen LogP contribution in [0.5, 0.6) is 0 Å². The summed E-state index contributed by atoms with van der Waals surface area (Å²) < 4.78 is 0. The number of alkyl halides is 1. The molecule has 2 heterocycles. The molecule has 0 aliphatic carbocycles. The van der Waals surface area contributed by atoms with E-state index in [2.05, 4.69) is 20.2 Å². The zero-order valence-electron chi connectivity index (χ0n) is 20.7. The van der Waals surface area contributed by atoms with Crippen molar-refractivity contribution in [3.8, 4) is 6.07 Å². The summed E-state index contributed by atoms with van der Waals surface area (Å²) in [5.41, 5.74) is 17.2. The number of carbonyl (C=O) groups excluding carboxylic acids is 1. The van der Waals surface area contributed by atoms with Crippen LogP contribution in [-0.4, -0.2) is 42.6 Å². The molecule has 182 valence electrons. The average Bonchev–Trinajstić information content (AvgIpc) is 2.82. The molecule has 0 radical (unpaired) electrons. The van der Waals surface area contributed by atoms with Crippen LogP contribution in [0.1, 0.15) is 19.5 Å². The summed E-state index contributed by atoms with van der Waals surface area (Å²) in [6.07, 6.45) is 3.42. The van der Waals surface area contributed by atoms with E-state index in [0.717, 1.165) is 24.2 Å². The molecule has 0 saturated heterocycles. The van der Waals surface area contributed by atoms with Crippen LogP contribution >= 0.6 is 34.8 Å². The van der Waals surface area contributed by atoms with E-state index < -0.39 is 0 Å². The molecule has 0 spiro atoms. The predicted molar refractivity (Wildman–Crippen MR) is 126 cm³/mol. The van der Waals surface area contributed by atoms with Crippen molar-refractivity contribution in [2.45, 2.75) is 19.3 Å². The molecule has 0 aliphatic heterocycles. The number of hydrogen-bond donors (Lipinski definition) is 4. The van der Waals surface area contributed by atoms with Crippen molar-refractivity contribution in [1.29, 1.82) is 5.26 Å². The largest absolute Gasteiger partial charge is 1.00 e. The van der Waals surface area contributed by atoms with E-state index in [1.807, 2.05) is 12.1 Å². The molecule has 0 fully saturated rings. The molecule has 2 rings (SSSR count). The Morgan fingerprint density at radius 3 is 1.74 bits per heavy atom. The molecule has 15 heteroatoms. The quantitative estimate of drug-likeness (QED) is 0.0465. The van der Waals surface area contributed by atoms with Crippen molar-refractivity contribution in [1.82, 2.24) is 15.3 Å². The monoisotopic (exact) mass is 587 g/mol. The maximum atomic E-state index is 8.64. The van der Waals surface area contributed by atoms with E-state index in [1.54, 1.807) is 30.6 Å². The molecular weight excluding hydrogens is 559 g/mol. The summed E-state index contributed by atoms with van der Waals surface area (Å²) in [7, 11) is 0. The van der Waals surface area contributed by atoms with Gasteiger partial charge in [-0.15, -0.1) is 11.6 Å². The first kappa shape index (κ1) is 45.1. The maximum absolute atomic E-state index is 8.64. The van der Waals surface area contributed by atoms with Gasteiger partial charge in [-0.1, -0.05) is 35.3 Å². The van der Waals surface area contributed by atoms with Crippen LogP contribution in [-0.2, 0) is 22.1 Å². The van der Waals surface area contributed by atoms with Crippen LogP contribution < -0.4 is 131 Å². The van der Waals surface area contributed by atoms with E-state index in [-0.39, 0.29) is 111 Å². The summed E-state index contributed by atoms with van der Waals surface area (Å²) in [5, 5.41) is 19.9. The van der Waals surface area contributed by atoms with E-state index >= 15 is 0 Å². The molecule has 0 amide bonds. The van der Waals surface area contributed by atoms with E-state index in [1.165, 1.54) is 6.92 Å². The first-order chi connectivity index (χ1) is 15.4. The molecule has 0 unspecified atom stereocenters. The minimum atomic E-state index is -0.181. The van der Waals surface area contributed by atoms with Crippen molar-refractivity contribution in [3.05, 3.63) is 58.1 Å². The number of nitrogens with zero attached hydrogens (tertiary/aromatic N) is 3. The van der Waals surface area contributed by atoms with Gasteiger partial charge in [0.05, 0.1) is 6.07 Å². The number of nitriles is 1. The van der Waals surface area contributed by atoms with Gasteiger partial charge in [0.2, 0.25) is 0 Å².